The highest BCUT2D eigenvalue weighted by molar-refractivity contribution is 7.92. The monoisotopic (exact) mass is 525 g/mol. The first-order valence-electron chi connectivity index (χ1n) is 10.8. The van der Waals surface area contributed by atoms with Gasteiger partial charge in [0.15, 0.2) is 0 Å². The first-order chi connectivity index (χ1) is 17.0. The minimum atomic E-state index is -4.41. The lowest BCUT2D eigenvalue weighted by atomic mass is 9.94. The van der Waals surface area contributed by atoms with Crippen molar-refractivity contribution in [3.8, 4) is 0 Å². The second kappa shape index (κ2) is 8.50. The normalized spacial score (nSPS) is 22.5. The highest BCUT2D eigenvalue weighted by atomic mass is 32.2. The summed E-state index contributed by atoms with van der Waals surface area (Å²) in [5.74, 6) is -2.48. The average Bonchev–Trinajstić information content (AvgIpc) is 3.48. The fraction of sp³-hybridized carbons (Fsp3) is 0.304. The summed E-state index contributed by atoms with van der Waals surface area (Å²) in [6.45, 7) is 0. The van der Waals surface area contributed by atoms with Gasteiger partial charge in [0, 0.05) is 17.9 Å². The van der Waals surface area contributed by atoms with Gasteiger partial charge in [-0.3, -0.25) is 9.36 Å². The number of hydrogen-bond donors (Lipinski definition) is 1. The predicted molar refractivity (Wildman–Crippen MR) is 121 cm³/mol. The summed E-state index contributed by atoms with van der Waals surface area (Å²) in [6.07, 6.45) is -2.99. The Morgan fingerprint density at radius 1 is 1.22 bits per heavy atom. The molecule has 13 heteroatoms. The van der Waals surface area contributed by atoms with Crippen LogP contribution >= 0.6 is 0 Å². The number of ether oxygens (including phenoxy) is 1. The third kappa shape index (κ3) is 4.27. The van der Waals surface area contributed by atoms with Crippen LogP contribution in [0.15, 0.2) is 74.3 Å². The Morgan fingerprint density at radius 2 is 2.00 bits per heavy atom. The lowest BCUT2D eigenvalue weighted by Gasteiger charge is -2.25. The highest BCUT2D eigenvalue weighted by Crippen LogP contribution is 2.56. The molecule has 1 saturated carbocycles. The molecule has 2 heterocycles. The van der Waals surface area contributed by atoms with Gasteiger partial charge in [0.2, 0.25) is 0 Å². The molecule has 5 rings (SSSR count). The average molecular weight is 525 g/mol. The van der Waals surface area contributed by atoms with Gasteiger partial charge in [-0.15, -0.1) is 0 Å². The zero-order valence-electron chi connectivity index (χ0n) is 18.6. The van der Waals surface area contributed by atoms with Crippen LogP contribution in [0, 0.1) is 11.8 Å². The molecule has 0 amide bonds. The van der Waals surface area contributed by atoms with Crippen LogP contribution in [0.4, 0.5) is 23.6 Å². The molecule has 8 nitrogen and oxygen atoms in total. The molecule has 190 valence electrons. The zero-order chi connectivity index (χ0) is 25.8. The molecule has 2 aliphatic carbocycles. The Kier molecular flexibility index (Phi) is 5.69. The van der Waals surface area contributed by atoms with Gasteiger partial charge < -0.3 is 9.15 Å². The molecule has 0 radical (unpaired) electrons. The van der Waals surface area contributed by atoms with Crippen molar-refractivity contribution < 1.29 is 35.1 Å². The lowest BCUT2D eigenvalue weighted by Crippen LogP contribution is -2.25. The summed E-state index contributed by atoms with van der Waals surface area (Å²) in [5.41, 5.74) is -0.144. The number of oxazole rings is 1. The summed E-state index contributed by atoms with van der Waals surface area (Å²) in [5, 5.41) is 0.345. The minimum absolute atomic E-state index is 0.00259. The molecule has 0 aliphatic heterocycles. The molecule has 1 fully saturated rings. The van der Waals surface area contributed by atoms with E-state index in [1.165, 1.54) is 60.5 Å². The van der Waals surface area contributed by atoms with Crippen molar-refractivity contribution in [3.05, 3.63) is 70.6 Å². The van der Waals surface area contributed by atoms with Gasteiger partial charge in [-0.25, -0.2) is 22.5 Å². The van der Waals surface area contributed by atoms with E-state index in [-0.39, 0.29) is 46.3 Å². The van der Waals surface area contributed by atoms with Crippen LogP contribution in [0.25, 0.3) is 16.6 Å². The van der Waals surface area contributed by atoms with Gasteiger partial charge in [-0.1, -0.05) is 0 Å². The van der Waals surface area contributed by atoms with Crippen molar-refractivity contribution in [2.45, 2.75) is 30.1 Å². The molecular formula is C23H19F4N3O5S. The minimum Gasteiger partial charge on any atom is -0.495 e. The summed E-state index contributed by atoms with van der Waals surface area (Å²) < 4.78 is 93.3. The van der Waals surface area contributed by atoms with Crippen molar-refractivity contribution in [1.82, 2.24) is 9.55 Å². The van der Waals surface area contributed by atoms with Gasteiger partial charge in [0.05, 0.1) is 35.3 Å². The Balaban J connectivity index is 1.57. The second-order valence-electron chi connectivity index (χ2n) is 8.49. The van der Waals surface area contributed by atoms with E-state index in [0.29, 0.717) is 5.39 Å². The quantitative estimate of drug-likeness (QED) is 0.477. The maximum atomic E-state index is 15.1. The maximum Gasteiger partial charge on any atom is 0.392 e. The topological polar surface area (TPSA) is 103 Å². The van der Waals surface area contributed by atoms with Crippen molar-refractivity contribution in [2.75, 3.05) is 11.8 Å². The van der Waals surface area contributed by atoms with E-state index in [0.717, 1.165) is 0 Å². The van der Waals surface area contributed by atoms with E-state index in [4.69, 9.17) is 9.15 Å². The number of aromatic nitrogens is 2. The summed E-state index contributed by atoms with van der Waals surface area (Å²) >= 11 is 0. The van der Waals surface area contributed by atoms with Crippen LogP contribution in [0.3, 0.4) is 0 Å². The van der Waals surface area contributed by atoms with Gasteiger partial charge in [-0.2, -0.15) is 13.2 Å². The van der Waals surface area contributed by atoms with Gasteiger partial charge in [-0.05, 0) is 48.3 Å². The first kappa shape index (κ1) is 24.1. The highest BCUT2D eigenvalue weighted by Gasteiger charge is 2.58. The first-order valence-corrected chi connectivity index (χ1v) is 12.3. The number of anilines is 1. The largest absolute Gasteiger partial charge is 0.495 e. The van der Waals surface area contributed by atoms with Crippen LogP contribution in [0.2, 0.25) is 0 Å². The number of rotatable bonds is 6. The van der Waals surface area contributed by atoms with Gasteiger partial charge in [0.1, 0.15) is 18.2 Å². The Bertz CT molecular complexity index is 1560. The van der Waals surface area contributed by atoms with Gasteiger partial charge in [0.25, 0.3) is 15.6 Å². The molecule has 3 atom stereocenters. The molecule has 0 saturated heterocycles. The summed E-state index contributed by atoms with van der Waals surface area (Å²) in [6, 6.07) is 6.34. The molecule has 2 aliphatic rings. The van der Waals surface area contributed by atoms with Crippen LogP contribution < -0.4 is 10.3 Å². The SMILES string of the molecule is COC1=C(n2c(=O)ccc3cc(S(=O)(=O)Nc4ncco4)ccc32)CC(F)C([C@H]2C[C@@H]2C(F)(F)F)=C1. The number of alkyl halides is 4. The second-order valence-corrected chi connectivity index (χ2v) is 10.2. The van der Waals surface area contributed by atoms with E-state index < -0.39 is 39.8 Å². The molecular weight excluding hydrogens is 506 g/mol. The molecule has 1 N–H and O–H groups in total. The number of nitrogens with one attached hydrogen (secondary N) is 1. The molecule has 0 bridgehead atoms. The Labute approximate surface area is 201 Å². The fourth-order valence-corrected chi connectivity index (χ4v) is 5.45. The summed E-state index contributed by atoms with van der Waals surface area (Å²) in [4.78, 5) is 16.4. The van der Waals surface area contributed by atoms with E-state index in [2.05, 4.69) is 9.71 Å². The fourth-order valence-electron chi connectivity index (χ4n) is 4.47. The van der Waals surface area contributed by atoms with Crippen LogP contribution in [-0.2, 0) is 14.8 Å². The van der Waals surface area contributed by atoms with Crippen LogP contribution in [-0.4, -0.2) is 37.4 Å². The third-order valence-corrected chi connectivity index (χ3v) is 7.59. The predicted octanol–water partition coefficient (Wildman–Crippen LogP) is 4.47. The van der Waals surface area contributed by atoms with Crippen molar-refractivity contribution in [1.29, 1.82) is 0 Å². The number of fused-ring (bicyclic) bond motifs is 1. The van der Waals surface area contributed by atoms with Crippen molar-refractivity contribution in [2.24, 2.45) is 11.8 Å². The smallest absolute Gasteiger partial charge is 0.392 e. The molecule has 0 spiro atoms. The number of sulfonamides is 1. The van der Waals surface area contributed by atoms with E-state index >= 15 is 4.39 Å². The molecule has 1 aromatic carbocycles. The molecule has 2 aromatic heterocycles. The third-order valence-electron chi connectivity index (χ3n) is 6.28. The van der Waals surface area contributed by atoms with Gasteiger partial charge >= 0.3 is 12.2 Å². The number of methoxy groups -OCH3 is 1. The van der Waals surface area contributed by atoms with E-state index in [9.17, 15) is 26.4 Å². The Hall–Kier alpha value is -3.61. The van der Waals surface area contributed by atoms with E-state index in [1.54, 1.807) is 0 Å². The van der Waals surface area contributed by atoms with E-state index in [1.807, 2.05) is 0 Å². The van der Waals surface area contributed by atoms with Crippen molar-refractivity contribution >= 4 is 32.6 Å². The molecule has 3 aromatic rings. The van der Waals surface area contributed by atoms with Crippen molar-refractivity contribution in [3.63, 3.8) is 0 Å². The zero-order valence-corrected chi connectivity index (χ0v) is 19.4. The molecule has 36 heavy (non-hydrogen) atoms. The number of hydrogen-bond acceptors (Lipinski definition) is 6. The number of nitrogens with zero attached hydrogens (tertiary/aromatic N) is 2. The number of benzene rings is 1. The van der Waals surface area contributed by atoms with Crippen LogP contribution in [0.5, 0.6) is 0 Å². The molecule has 1 unspecified atom stereocenters. The van der Waals surface area contributed by atoms with Crippen LogP contribution in [0.1, 0.15) is 12.8 Å². The number of pyridine rings is 1. The summed E-state index contributed by atoms with van der Waals surface area (Å²) in [7, 11) is -2.78. The maximum absolute atomic E-state index is 15.1. The lowest BCUT2D eigenvalue weighted by molar-refractivity contribution is -0.150. The standard InChI is InChI=1S/C23H19F4N3O5S/c1-34-20-10-15(14-9-16(14)23(25,26)27)17(24)11-19(20)30-18-4-3-13(8-12(18)2-5-21(30)31)36(32,33)29-22-28-6-7-35-22/h2-8,10,14,16-17H,9,11H2,1H3,(H,28,29)/t14-,16+,17?/m1/s1. The number of allylic oxidation sites excluding steroid dienone is 3. The Morgan fingerprint density at radius 3 is 2.64 bits per heavy atom. The number of halogens is 4.